The molecule has 0 saturated carbocycles. The van der Waals surface area contributed by atoms with Crippen LogP contribution in [-0.4, -0.2) is 41.9 Å². The number of rotatable bonds is 3. The van der Waals surface area contributed by atoms with Gasteiger partial charge in [0.1, 0.15) is 0 Å². The minimum absolute atomic E-state index is 0.0638. The predicted molar refractivity (Wildman–Crippen MR) is 98.5 cm³/mol. The summed E-state index contributed by atoms with van der Waals surface area (Å²) in [5.74, 6) is -0.0638. The lowest BCUT2D eigenvalue weighted by Gasteiger charge is -2.35. The fraction of sp³-hybridized carbons (Fsp3) is 0.278. The Morgan fingerprint density at radius 3 is 2.46 bits per heavy atom. The highest BCUT2D eigenvalue weighted by Crippen LogP contribution is 2.27. The number of benzene rings is 2. The third kappa shape index (κ3) is 3.83. The smallest absolute Gasteiger partial charge is 0.255 e. The molecule has 4 nitrogen and oxygen atoms in total. The van der Waals surface area contributed by atoms with Crippen molar-refractivity contribution < 1.29 is 4.79 Å². The lowest BCUT2D eigenvalue weighted by Crippen LogP contribution is -2.48. The molecule has 0 radical (unpaired) electrons. The van der Waals surface area contributed by atoms with Gasteiger partial charge >= 0.3 is 0 Å². The van der Waals surface area contributed by atoms with E-state index < -0.39 is 0 Å². The van der Waals surface area contributed by atoms with Crippen molar-refractivity contribution in [3.05, 3.63) is 63.6 Å². The van der Waals surface area contributed by atoms with Crippen LogP contribution in [0.25, 0.3) is 0 Å². The Bertz CT molecular complexity index is 743. The van der Waals surface area contributed by atoms with E-state index in [0.29, 0.717) is 28.7 Å². The van der Waals surface area contributed by atoms with Gasteiger partial charge in [-0.25, -0.2) is 0 Å². The number of halogens is 2. The highest BCUT2D eigenvalue weighted by Gasteiger charge is 2.24. The molecule has 2 aromatic rings. The van der Waals surface area contributed by atoms with Gasteiger partial charge in [-0.2, -0.15) is 0 Å². The molecule has 0 atom stereocenters. The number of hydrogen-bond donors (Lipinski definition) is 1. The standard InChI is InChI=1S/C18H19Cl2N3O/c19-16-6-2-5-15(17(16)20)18(24)23-9-7-22(8-10-23)12-13-3-1-4-14(21)11-13/h1-6,11H,7-10,12,21H2. The van der Waals surface area contributed by atoms with Gasteiger partial charge in [-0.15, -0.1) is 0 Å². The summed E-state index contributed by atoms with van der Waals surface area (Å²) in [6.45, 7) is 3.82. The zero-order chi connectivity index (χ0) is 17.1. The van der Waals surface area contributed by atoms with Crippen LogP contribution < -0.4 is 5.73 Å². The monoisotopic (exact) mass is 363 g/mol. The largest absolute Gasteiger partial charge is 0.399 e. The van der Waals surface area contributed by atoms with E-state index in [0.717, 1.165) is 25.3 Å². The lowest BCUT2D eigenvalue weighted by atomic mass is 10.1. The maximum Gasteiger partial charge on any atom is 0.255 e. The molecule has 0 aromatic heterocycles. The molecule has 2 N–H and O–H groups in total. The van der Waals surface area contributed by atoms with Gasteiger partial charge in [-0.1, -0.05) is 41.4 Å². The molecule has 3 rings (SSSR count). The van der Waals surface area contributed by atoms with Crippen molar-refractivity contribution >= 4 is 34.8 Å². The zero-order valence-corrected chi connectivity index (χ0v) is 14.7. The number of carbonyl (C=O) groups excluding carboxylic acids is 1. The van der Waals surface area contributed by atoms with Crippen LogP contribution in [0.3, 0.4) is 0 Å². The predicted octanol–water partition coefficient (Wildman–Crippen LogP) is 3.53. The number of carbonyl (C=O) groups is 1. The highest BCUT2D eigenvalue weighted by atomic mass is 35.5. The van der Waals surface area contributed by atoms with Crippen LogP contribution in [-0.2, 0) is 6.54 Å². The first kappa shape index (κ1) is 17.1. The van der Waals surface area contributed by atoms with Gasteiger partial charge in [-0.3, -0.25) is 9.69 Å². The summed E-state index contributed by atoms with van der Waals surface area (Å²) in [7, 11) is 0. The van der Waals surface area contributed by atoms with Crippen LogP contribution in [0, 0.1) is 0 Å². The van der Waals surface area contributed by atoms with Crippen molar-refractivity contribution in [2.75, 3.05) is 31.9 Å². The molecule has 0 unspecified atom stereocenters. The minimum atomic E-state index is -0.0638. The van der Waals surface area contributed by atoms with E-state index in [1.54, 1.807) is 18.2 Å². The molecule has 1 fully saturated rings. The van der Waals surface area contributed by atoms with E-state index in [1.807, 2.05) is 23.1 Å². The maximum absolute atomic E-state index is 12.6. The van der Waals surface area contributed by atoms with Gasteiger partial charge in [0.2, 0.25) is 0 Å². The van der Waals surface area contributed by atoms with Crippen LogP contribution in [0.1, 0.15) is 15.9 Å². The topological polar surface area (TPSA) is 49.6 Å². The molecule has 1 aliphatic rings. The Labute approximate surface area is 151 Å². The van der Waals surface area contributed by atoms with Crippen molar-refractivity contribution in [1.82, 2.24) is 9.80 Å². The van der Waals surface area contributed by atoms with E-state index in [2.05, 4.69) is 11.0 Å². The zero-order valence-electron chi connectivity index (χ0n) is 13.2. The third-order valence-corrected chi connectivity index (χ3v) is 5.02. The van der Waals surface area contributed by atoms with E-state index in [-0.39, 0.29) is 5.91 Å². The highest BCUT2D eigenvalue weighted by molar-refractivity contribution is 6.43. The molecule has 0 spiro atoms. The SMILES string of the molecule is Nc1cccc(CN2CCN(C(=O)c3cccc(Cl)c3Cl)CC2)c1. The second-order valence-corrected chi connectivity index (χ2v) is 6.70. The van der Waals surface area contributed by atoms with Crippen molar-refractivity contribution in [2.24, 2.45) is 0 Å². The summed E-state index contributed by atoms with van der Waals surface area (Å²) in [5, 5.41) is 0.731. The van der Waals surface area contributed by atoms with Crippen LogP contribution in [0.5, 0.6) is 0 Å². The summed E-state index contributed by atoms with van der Waals surface area (Å²) in [6, 6.07) is 13.1. The molecule has 126 valence electrons. The minimum Gasteiger partial charge on any atom is -0.399 e. The van der Waals surface area contributed by atoms with Gasteiger partial charge in [0, 0.05) is 38.4 Å². The third-order valence-electron chi connectivity index (χ3n) is 4.20. The van der Waals surface area contributed by atoms with Gasteiger partial charge in [0.05, 0.1) is 15.6 Å². The second kappa shape index (κ2) is 7.43. The first-order valence-corrected chi connectivity index (χ1v) is 8.60. The molecule has 24 heavy (non-hydrogen) atoms. The quantitative estimate of drug-likeness (QED) is 0.848. The summed E-state index contributed by atoms with van der Waals surface area (Å²) >= 11 is 12.2. The summed E-state index contributed by atoms with van der Waals surface area (Å²) in [4.78, 5) is 16.8. The van der Waals surface area contributed by atoms with E-state index >= 15 is 0 Å². The Morgan fingerprint density at radius 1 is 1.04 bits per heavy atom. The molecule has 1 amide bonds. The Hall–Kier alpha value is -1.75. The number of piperazine rings is 1. The van der Waals surface area contributed by atoms with Crippen LogP contribution in [0.4, 0.5) is 5.69 Å². The average Bonchev–Trinajstić information content (AvgIpc) is 2.57. The Kier molecular flexibility index (Phi) is 5.29. The number of nitrogen functional groups attached to an aromatic ring is 1. The molecule has 0 aliphatic carbocycles. The Morgan fingerprint density at radius 2 is 1.75 bits per heavy atom. The van der Waals surface area contributed by atoms with Crippen molar-refractivity contribution in [3.8, 4) is 0 Å². The molecule has 0 bridgehead atoms. The van der Waals surface area contributed by atoms with E-state index in [9.17, 15) is 4.79 Å². The maximum atomic E-state index is 12.6. The normalized spacial score (nSPS) is 15.5. The number of nitrogens with two attached hydrogens (primary N) is 1. The van der Waals surface area contributed by atoms with Crippen LogP contribution in [0.2, 0.25) is 10.0 Å². The first-order valence-electron chi connectivity index (χ1n) is 7.84. The van der Waals surface area contributed by atoms with Crippen molar-refractivity contribution in [3.63, 3.8) is 0 Å². The molecule has 1 heterocycles. The van der Waals surface area contributed by atoms with Crippen molar-refractivity contribution in [2.45, 2.75) is 6.54 Å². The summed E-state index contributed by atoms with van der Waals surface area (Å²) in [5.41, 5.74) is 8.25. The summed E-state index contributed by atoms with van der Waals surface area (Å²) in [6.07, 6.45) is 0. The van der Waals surface area contributed by atoms with Crippen LogP contribution >= 0.6 is 23.2 Å². The van der Waals surface area contributed by atoms with Gasteiger partial charge in [0.25, 0.3) is 5.91 Å². The average molecular weight is 364 g/mol. The molecule has 1 aliphatic heterocycles. The second-order valence-electron chi connectivity index (χ2n) is 5.91. The first-order chi connectivity index (χ1) is 11.5. The summed E-state index contributed by atoms with van der Waals surface area (Å²) < 4.78 is 0. The molecular weight excluding hydrogens is 345 g/mol. The number of nitrogens with zero attached hydrogens (tertiary/aromatic N) is 2. The Balaban J connectivity index is 1.60. The fourth-order valence-corrected chi connectivity index (χ4v) is 3.28. The van der Waals surface area contributed by atoms with Crippen LogP contribution in [0.15, 0.2) is 42.5 Å². The van der Waals surface area contributed by atoms with Crippen molar-refractivity contribution in [1.29, 1.82) is 0 Å². The molecular formula is C18H19Cl2N3O. The van der Waals surface area contributed by atoms with Gasteiger partial charge < -0.3 is 10.6 Å². The van der Waals surface area contributed by atoms with Gasteiger partial charge in [-0.05, 0) is 29.8 Å². The number of hydrogen-bond acceptors (Lipinski definition) is 3. The van der Waals surface area contributed by atoms with E-state index in [1.165, 1.54) is 5.56 Å². The lowest BCUT2D eigenvalue weighted by molar-refractivity contribution is 0.0628. The molecule has 1 saturated heterocycles. The number of anilines is 1. The fourth-order valence-electron chi connectivity index (χ4n) is 2.90. The van der Waals surface area contributed by atoms with Gasteiger partial charge in [0.15, 0.2) is 0 Å². The number of amides is 1. The molecule has 6 heteroatoms. The molecule has 2 aromatic carbocycles. The van der Waals surface area contributed by atoms with E-state index in [4.69, 9.17) is 28.9 Å².